The van der Waals surface area contributed by atoms with E-state index < -0.39 is 29.0 Å². The number of amides is 2. The van der Waals surface area contributed by atoms with Crippen LogP contribution in [0, 0.1) is 31.3 Å². The van der Waals surface area contributed by atoms with Crippen LogP contribution in [0.4, 0.5) is 24.5 Å². The summed E-state index contributed by atoms with van der Waals surface area (Å²) in [6.45, 7) is 6.26. The van der Waals surface area contributed by atoms with Crippen LogP contribution in [0.2, 0.25) is 0 Å². The van der Waals surface area contributed by atoms with Crippen molar-refractivity contribution in [2.45, 2.75) is 33.6 Å². The van der Waals surface area contributed by atoms with E-state index in [0.29, 0.717) is 17.9 Å². The number of anilines is 2. The van der Waals surface area contributed by atoms with Crippen molar-refractivity contribution in [2.24, 2.45) is 0 Å². The summed E-state index contributed by atoms with van der Waals surface area (Å²) < 4.78 is 42.1. The van der Waals surface area contributed by atoms with Gasteiger partial charge in [0.1, 0.15) is 0 Å². The maximum absolute atomic E-state index is 13.8. The smallest absolute Gasteiger partial charge is 0.238 e. The second-order valence-corrected chi connectivity index (χ2v) is 8.14. The Morgan fingerprint density at radius 1 is 0.943 bits per heavy atom. The zero-order chi connectivity index (χ0) is 25.5. The lowest BCUT2D eigenvalue weighted by Gasteiger charge is -2.21. The third kappa shape index (κ3) is 6.48. The van der Waals surface area contributed by atoms with E-state index in [9.17, 15) is 22.8 Å². The van der Waals surface area contributed by atoms with E-state index in [2.05, 4.69) is 15.7 Å². The number of carbonyl (C=O) groups is 2. The number of aromatic nitrogens is 2. The molecule has 3 aromatic rings. The van der Waals surface area contributed by atoms with Gasteiger partial charge in [0, 0.05) is 13.0 Å². The molecule has 35 heavy (non-hydrogen) atoms. The topological polar surface area (TPSA) is 79.3 Å². The van der Waals surface area contributed by atoms with Gasteiger partial charge in [-0.05, 0) is 51.1 Å². The number of nitrogens with one attached hydrogen (secondary N) is 2. The first-order valence-electron chi connectivity index (χ1n) is 11.3. The van der Waals surface area contributed by atoms with Crippen LogP contribution < -0.4 is 10.6 Å². The van der Waals surface area contributed by atoms with Crippen molar-refractivity contribution in [2.75, 3.05) is 30.3 Å². The molecule has 0 spiro atoms. The highest BCUT2D eigenvalue weighted by atomic mass is 19.2. The summed E-state index contributed by atoms with van der Waals surface area (Å²) >= 11 is 0. The molecule has 186 valence electrons. The van der Waals surface area contributed by atoms with E-state index in [1.165, 1.54) is 0 Å². The molecule has 0 aliphatic rings. The molecule has 3 rings (SSSR count). The van der Waals surface area contributed by atoms with Crippen LogP contribution in [0.3, 0.4) is 0 Å². The Hall–Kier alpha value is -3.66. The molecule has 0 unspecified atom stereocenters. The van der Waals surface area contributed by atoms with Crippen molar-refractivity contribution in [1.82, 2.24) is 14.7 Å². The fraction of sp³-hybridized carbons (Fsp3) is 0.320. The molecule has 10 heteroatoms. The Morgan fingerprint density at radius 2 is 1.66 bits per heavy atom. The summed E-state index contributed by atoms with van der Waals surface area (Å²) in [7, 11) is 0. The summed E-state index contributed by atoms with van der Waals surface area (Å²) in [6, 6.07) is 11.3. The summed E-state index contributed by atoms with van der Waals surface area (Å²) in [4.78, 5) is 26.8. The van der Waals surface area contributed by atoms with Gasteiger partial charge in [-0.1, -0.05) is 25.1 Å². The molecule has 0 saturated carbocycles. The molecule has 2 aromatic carbocycles. The van der Waals surface area contributed by atoms with Gasteiger partial charge in [0.05, 0.1) is 35.0 Å². The number of carbonyl (C=O) groups excluding carboxylic acids is 2. The van der Waals surface area contributed by atoms with Crippen LogP contribution in [0.15, 0.2) is 42.5 Å². The molecule has 0 aliphatic carbocycles. The highest BCUT2D eigenvalue weighted by molar-refractivity contribution is 5.93. The molecule has 2 N–H and O–H groups in total. The Morgan fingerprint density at radius 3 is 2.34 bits per heavy atom. The van der Waals surface area contributed by atoms with Crippen LogP contribution in [0.1, 0.15) is 31.2 Å². The van der Waals surface area contributed by atoms with E-state index in [-0.39, 0.29) is 25.4 Å². The maximum atomic E-state index is 13.8. The van der Waals surface area contributed by atoms with E-state index in [4.69, 9.17) is 0 Å². The average molecular weight is 488 g/mol. The number of hydrogen-bond donors (Lipinski definition) is 2. The molecular weight excluding hydrogens is 459 g/mol. The highest BCUT2D eigenvalue weighted by Gasteiger charge is 2.19. The largest absolute Gasteiger partial charge is 0.323 e. The SMILES string of the molecule is CCCN(CCC(=O)Nc1c(C)nn(-c2ccccc2)c1C)CC(=O)Nc1ccc(F)c(F)c1F. The van der Waals surface area contributed by atoms with Gasteiger partial charge in [0.25, 0.3) is 0 Å². The lowest BCUT2D eigenvalue weighted by Crippen LogP contribution is -2.36. The second-order valence-electron chi connectivity index (χ2n) is 8.14. The van der Waals surface area contributed by atoms with Crippen LogP contribution in [0.25, 0.3) is 5.69 Å². The van der Waals surface area contributed by atoms with E-state index in [1.54, 1.807) is 9.58 Å². The molecule has 0 bridgehead atoms. The molecule has 0 fully saturated rings. The Balaban J connectivity index is 1.59. The second kappa shape index (κ2) is 11.7. The zero-order valence-electron chi connectivity index (χ0n) is 19.9. The first kappa shape index (κ1) is 26.0. The van der Waals surface area contributed by atoms with Crippen molar-refractivity contribution in [1.29, 1.82) is 0 Å². The lowest BCUT2D eigenvalue weighted by molar-refractivity contribution is -0.119. The van der Waals surface area contributed by atoms with Crippen LogP contribution >= 0.6 is 0 Å². The third-order valence-electron chi connectivity index (χ3n) is 5.43. The molecule has 1 aromatic heterocycles. The Labute approximate surface area is 201 Å². The van der Waals surface area contributed by atoms with Crippen molar-refractivity contribution >= 4 is 23.2 Å². The average Bonchev–Trinajstić information content (AvgIpc) is 3.12. The standard InChI is InChI=1S/C25H28F3N5O2/c1-4-13-32(15-22(35)29-20-11-10-19(26)23(27)24(20)28)14-12-21(34)30-25-16(2)31-33(17(25)3)18-8-6-5-7-9-18/h5-11H,4,12-15H2,1-3H3,(H,29,35)(H,30,34). The first-order valence-corrected chi connectivity index (χ1v) is 11.3. The number of nitrogens with zero attached hydrogens (tertiary/aromatic N) is 3. The number of aryl methyl sites for hydroxylation is 1. The fourth-order valence-electron chi connectivity index (χ4n) is 3.71. The molecule has 0 aliphatic heterocycles. The van der Waals surface area contributed by atoms with E-state index >= 15 is 0 Å². The first-order chi connectivity index (χ1) is 16.7. The zero-order valence-corrected chi connectivity index (χ0v) is 19.9. The molecule has 0 saturated heterocycles. The minimum Gasteiger partial charge on any atom is -0.323 e. The predicted octanol–water partition coefficient (Wildman–Crippen LogP) is 4.59. The van der Waals surface area contributed by atoms with Crippen molar-refractivity contribution in [3.63, 3.8) is 0 Å². The van der Waals surface area contributed by atoms with Crippen LogP contribution in [-0.2, 0) is 9.59 Å². The Bertz CT molecular complexity index is 1200. The van der Waals surface area contributed by atoms with Gasteiger partial charge in [-0.15, -0.1) is 0 Å². The highest BCUT2D eigenvalue weighted by Crippen LogP contribution is 2.23. The monoisotopic (exact) mass is 487 g/mol. The Kier molecular flexibility index (Phi) is 8.64. The number of rotatable bonds is 10. The number of halogens is 3. The van der Waals surface area contributed by atoms with Gasteiger partial charge in [-0.3, -0.25) is 14.5 Å². The normalized spacial score (nSPS) is 11.1. The van der Waals surface area contributed by atoms with Crippen molar-refractivity contribution < 1.29 is 22.8 Å². The van der Waals surface area contributed by atoms with Crippen molar-refractivity contribution in [3.05, 3.63) is 71.3 Å². The van der Waals surface area contributed by atoms with Crippen LogP contribution in [-0.4, -0.2) is 46.1 Å². The van der Waals surface area contributed by atoms with Crippen molar-refractivity contribution in [3.8, 4) is 5.69 Å². The van der Waals surface area contributed by atoms with E-state index in [1.807, 2.05) is 51.1 Å². The van der Waals surface area contributed by atoms with E-state index in [0.717, 1.165) is 29.9 Å². The summed E-state index contributed by atoms with van der Waals surface area (Å²) in [5, 5.41) is 9.67. The van der Waals surface area contributed by atoms with Gasteiger partial charge in [-0.25, -0.2) is 17.9 Å². The minimum atomic E-state index is -1.65. The number of benzene rings is 2. The molecule has 7 nitrogen and oxygen atoms in total. The molecular formula is C25H28F3N5O2. The van der Waals surface area contributed by atoms with Gasteiger partial charge in [0.15, 0.2) is 17.5 Å². The number of hydrogen-bond acceptors (Lipinski definition) is 4. The summed E-state index contributed by atoms with van der Waals surface area (Å²) in [5.41, 5.74) is 2.54. The maximum Gasteiger partial charge on any atom is 0.238 e. The van der Waals surface area contributed by atoms with Gasteiger partial charge >= 0.3 is 0 Å². The number of para-hydroxylation sites is 1. The molecule has 2 amide bonds. The predicted molar refractivity (Wildman–Crippen MR) is 128 cm³/mol. The molecule has 0 atom stereocenters. The third-order valence-corrected chi connectivity index (χ3v) is 5.43. The van der Waals surface area contributed by atoms with Crippen LogP contribution in [0.5, 0.6) is 0 Å². The minimum absolute atomic E-state index is 0.113. The van der Waals surface area contributed by atoms with Gasteiger partial charge in [-0.2, -0.15) is 5.10 Å². The summed E-state index contributed by atoms with van der Waals surface area (Å²) in [5.74, 6) is -5.27. The molecule has 1 heterocycles. The lowest BCUT2D eigenvalue weighted by atomic mass is 10.2. The fourth-order valence-corrected chi connectivity index (χ4v) is 3.71. The van der Waals surface area contributed by atoms with Gasteiger partial charge in [0.2, 0.25) is 11.8 Å². The summed E-state index contributed by atoms with van der Waals surface area (Å²) in [6.07, 6.45) is 0.832. The molecule has 0 radical (unpaired) electrons. The van der Waals surface area contributed by atoms with Gasteiger partial charge < -0.3 is 10.6 Å². The quantitative estimate of drug-likeness (QED) is 0.410.